The predicted molar refractivity (Wildman–Crippen MR) is 178 cm³/mol. The SMILES string of the molecule is c1ccc(-c2nc(-c3ccccc3)nc(-c3ccc(-c4ccc5ccc6sc(-c7ccccc7)nc6c5c4)cc3)n2)cc1. The van der Waals surface area contributed by atoms with Crippen molar-refractivity contribution in [2.75, 3.05) is 0 Å². The largest absolute Gasteiger partial charge is 0.235 e. The van der Waals surface area contributed by atoms with E-state index in [1.807, 2.05) is 66.7 Å². The Balaban J connectivity index is 1.18. The summed E-state index contributed by atoms with van der Waals surface area (Å²) in [5.74, 6) is 1.96. The van der Waals surface area contributed by atoms with Gasteiger partial charge in [0, 0.05) is 27.6 Å². The summed E-state index contributed by atoms with van der Waals surface area (Å²) in [4.78, 5) is 19.6. The molecule has 0 atom stereocenters. The van der Waals surface area contributed by atoms with E-state index in [-0.39, 0.29) is 0 Å². The molecule has 0 unspecified atom stereocenters. The van der Waals surface area contributed by atoms with Gasteiger partial charge in [-0.25, -0.2) is 19.9 Å². The molecule has 0 spiro atoms. The lowest BCUT2D eigenvalue weighted by atomic mass is 9.99. The highest BCUT2D eigenvalue weighted by atomic mass is 32.1. The van der Waals surface area contributed by atoms with Crippen LogP contribution in [0.25, 0.3) is 76.9 Å². The van der Waals surface area contributed by atoms with Crippen molar-refractivity contribution < 1.29 is 0 Å². The first kappa shape index (κ1) is 25.2. The molecule has 43 heavy (non-hydrogen) atoms. The van der Waals surface area contributed by atoms with Gasteiger partial charge in [-0.2, -0.15) is 0 Å². The molecule has 8 aromatic rings. The number of hydrogen-bond donors (Lipinski definition) is 0. The smallest absolute Gasteiger partial charge is 0.164 e. The summed E-state index contributed by atoms with van der Waals surface area (Å²) in [5.41, 5.74) is 7.32. The van der Waals surface area contributed by atoms with Crippen molar-refractivity contribution in [2.45, 2.75) is 0 Å². The van der Waals surface area contributed by atoms with Gasteiger partial charge in [0.25, 0.3) is 0 Å². The summed E-state index contributed by atoms with van der Waals surface area (Å²) in [6, 6.07) is 49.9. The fraction of sp³-hybridized carbons (Fsp3) is 0. The van der Waals surface area contributed by atoms with E-state index >= 15 is 0 Å². The Morgan fingerprint density at radius 3 is 1.42 bits per heavy atom. The van der Waals surface area contributed by atoms with E-state index in [1.54, 1.807) is 11.3 Å². The van der Waals surface area contributed by atoms with E-state index < -0.39 is 0 Å². The molecule has 2 aromatic heterocycles. The predicted octanol–water partition coefficient (Wildman–Crippen LogP) is 9.97. The molecule has 0 radical (unpaired) electrons. The standard InChI is InChI=1S/C38H24N4S/c1-4-10-27(11-5-1)35-40-36(28-12-6-2-7-13-28)42-37(41-35)29-19-16-25(17-20-29)31-21-18-26-22-23-33-34(32(26)24-31)39-38(43-33)30-14-8-3-9-15-30/h1-24H. The Bertz CT molecular complexity index is 2150. The molecule has 0 aliphatic carbocycles. The molecule has 4 nitrogen and oxygen atoms in total. The molecule has 0 aliphatic heterocycles. The van der Waals surface area contributed by atoms with E-state index in [1.165, 1.54) is 10.1 Å². The number of thiazole rings is 1. The van der Waals surface area contributed by atoms with Gasteiger partial charge in [-0.1, -0.05) is 133 Å². The molecule has 0 aliphatic rings. The van der Waals surface area contributed by atoms with Gasteiger partial charge in [-0.15, -0.1) is 11.3 Å². The van der Waals surface area contributed by atoms with Gasteiger partial charge in [-0.05, 0) is 28.6 Å². The summed E-state index contributed by atoms with van der Waals surface area (Å²) in [7, 11) is 0. The number of fused-ring (bicyclic) bond motifs is 3. The van der Waals surface area contributed by atoms with Crippen molar-refractivity contribution in [1.29, 1.82) is 0 Å². The van der Waals surface area contributed by atoms with Crippen molar-refractivity contribution in [2.24, 2.45) is 0 Å². The van der Waals surface area contributed by atoms with E-state index in [2.05, 4.69) is 78.9 Å². The zero-order valence-electron chi connectivity index (χ0n) is 23.1. The van der Waals surface area contributed by atoms with Crippen LogP contribution in [0.4, 0.5) is 0 Å². The second kappa shape index (κ2) is 10.7. The van der Waals surface area contributed by atoms with Gasteiger partial charge < -0.3 is 0 Å². The van der Waals surface area contributed by atoms with Crippen molar-refractivity contribution in [1.82, 2.24) is 19.9 Å². The number of aromatic nitrogens is 4. The third kappa shape index (κ3) is 4.86. The first-order chi connectivity index (χ1) is 21.3. The zero-order chi connectivity index (χ0) is 28.6. The quantitative estimate of drug-likeness (QED) is 0.207. The zero-order valence-corrected chi connectivity index (χ0v) is 23.9. The highest BCUT2D eigenvalue weighted by Crippen LogP contribution is 2.36. The minimum atomic E-state index is 0.649. The average molecular weight is 569 g/mol. The molecular formula is C38H24N4S. The second-order valence-corrected chi connectivity index (χ2v) is 11.4. The molecule has 0 fully saturated rings. The van der Waals surface area contributed by atoms with Gasteiger partial charge in [0.1, 0.15) is 5.01 Å². The van der Waals surface area contributed by atoms with E-state index in [4.69, 9.17) is 19.9 Å². The maximum atomic E-state index is 5.06. The number of hydrogen-bond acceptors (Lipinski definition) is 5. The molecule has 0 N–H and O–H groups in total. The Hall–Kier alpha value is -5.52. The Kier molecular flexibility index (Phi) is 6.28. The first-order valence-electron chi connectivity index (χ1n) is 14.1. The summed E-state index contributed by atoms with van der Waals surface area (Å²) < 4.78 is 1.19. The molecule has 0 saturated heterocycles. The minimum absolute atomic E-state index is 0.649. The van der Waals surface area contributed by atoms with Gasteiger partial charge in [0.2, 0.25) is 0 Å². The lowest BCUT2D eigenvalue weighted by molar-refractivity contribution is 1.07. The third-order valence-electron chi connectivity index (χ3n) is 7.57. The highest BCUT2D eigenvalue weighted by molar-refractivity contribution is 7.21. The molecule has 202 valence electrons. The summed E-state index contributed by atoms with van der Waals surface area (Å²) in [6.07, 6.45) is 0. The Morgan fingerprint density at radius 1 is 0.372 bits per heavy atom. The third-order valence-corrected chi connectivity index (χ3v) is 8.64. The lowest BCUT2D eigenvalue weighted by Gasteiger charge is -2.09. The minimum Gasteiger partial charge on any atom is -0.235 e. The molecule has 8 rings (SSSR count). The van der Waals surface area contributed by atoms with Crippen molar-refractivity contribution in [3.05, 3.63) is 146 Å². The molecule has 2 heterocycles. The van der Waals surface area contributed by atoms with E-state index in [9.17, 15) is 0 Å². The maximum Gasteiger partial charge on any atom is 0.164 e. The van der Waals surface area contributed by atoms with Crippen LogP contribution in [0.2, 0.25) is 0 Å². The van der Waals surface area contributed by atoms with Gasteiger partial charge in [0.15, 0.2) is 17.5 Å². The van der Waals surface area contributed by atoms with Crippen LogP contribution in [-0.4, -0.2) is 19.9 Å². The number of benzene rings is 6. The van der Waals surface area contributed by atoms with Gasteiger partial charge in [0.05, 0.1) is 10.2 Å². The second-order valence-electron chi connectivity index (χ2n) is 10.3. The van der Waals surface area contributed by atoms with Crippen molar-refractivity contribution >= 4 is 32.3 Å². The van der Waals surface area contributed by atoms with Crippen LogP contribution in [0.1, 0.15) is 0 Å². The van der Waals surface area contributed by atoms with Crippen molar-refractivity contribution in [3.63, 3.8) is 0 Å². The summed E-state index contributed by atoms with van der Waals surface area (Å²) >= 11 is 1.74. The maximum absolute atomic E-state index is 5.06. The Labute approximate surface area is 253 Å². The summed E-state index contributed by atoms with van der Waals surface area (Å²) in [6.45, 7) is 0. The van der Waals surface area contributed by atoms with Crippen LogP contribution in [-0.2, 0) is 0 Å². The fourth-order valence-corrected chi connectivity index (χ4v) is 6.33. The van der Waals surface area contributed by atoms with Crippen LogP contribution in [0.3, 0.4) is 0 Å². The van der Waals surface area contributed by atoms with Crippen LogP contribution in [0.15, 0.2) is 146 Å². The molecular weight excluding hydrogens is 545 g/mol. The molecule has 0 amide bonds. The molecule has 6 aromatic carbocycles. The van der Waals surface area contributed by atoms with Crippen molar-refractivity contribution in [3.8, 4) is 55.9 Å². The topological polar surface area (TPSA) is 51.6 Å². The first-order valence-corrected chi connectivity index (χ1v) is 15.0. The van der Waals surface area contributed by atoms with Gasteiger partial charge in [-0.3, -0.25) is 0 Å². The normalized spacial score (nSPS) is 11.3. The van der Waals surface area contributed by atoms with Crippen LogP contribution in [0, 0.1) is 0 Å². The molecule has 0 bridgehead atoms. The van der Waals surface area contributed by atoms with Crippen LogP contribution < -0.4 is 0 Å². The number of nitrogens with zero attached hydrogens (tertiary/aromatic N) is 4. The number of rotatable bonds is 5. The van der Waals surface area contributed by atoms with Gasteiger partial charge >= 0.3 is 0 Å². The fourth-order valence-electron chi connectivity index (χ4n) is 5.34. The van der Waals surface area contributed by atoms with Crippen LogP contribution in [0.5, 0.6) is 0 Å². The summed E-state index contributed by atoms with van der Waals surface area (Å²) in [5, 5.41) is 3.39. The highest BCUT2D eigenvalue weighted by Gasteiger charge is 2.13. The Morgan fingerprint density at radius 2 is 0.837 bits per heavy atom. The monoisotopic (exact) mass is 568 g/mol. The molecule has 0 saturated carbocycles. The van der Waals surface area contributed by atoms with E-state index in [0.29, 0.717) is 17.5 Å². The molecule has 5 heteroatoms. The average Bonchev–Trinajstić information content (AvgIpc) is 3.54. The lowest BCUT2D eigenvalue weighted by Crippen LogP contribution is -2.00. The van der Waals surface area contributed by atoms with Crippen LogP contribution >= 0.6 is 11.3 Å². The van der Waals surface area contributed by atoms with E-state index in [0.717, 1.165) is 49.3 Å².